The van der Waals surface area contributed by atoms with Gasteiger partial charge in [-0.15, -0.1) is 0 Å². The Bertz CT molecular complexity index is 581. The molecule has 1 unspecified atom stereocenters. The molecule has 37 heavy (non-hydrogen) atoms. The molecule has 0 aromatic rings. The first-order valence-corrected chi connectivity index (χ1v) is 14.5. The van der Waals surface area contributed by atoms with E-state index in [9.17, 15) is 9.59 Å². The summed E-state index contributed by atoms with van der Waals surface area (Å²) >= 11 is 0. The Hall–Kier alpha value is -1.58. The molecule has 0 saturated carbocycles. The van der Waals surface area contributed by atoms with E-state index in [1.807, 2.05) is 55.4 Å². The van der Waals surface area contributed by atoms with Crippen molar-refractivity contribution >= 4 is 23.0 Å². The number of hydrogen-bond donors (Lipinski definition) is 2. The van der Waals surface area contributed by atoms with Crippen LogP contribution in [0.3, 0.4) is 0 Å². The van der Waals surface area contributed by atoms with Crippen LogP contribution in [0.15, 0.2) is 0 Å². The number of hydrogen-bond acceptors (Lipinski definition) is 2. The van der Waals surface area contributed by atoms with Gasteiger partial charge in [-0.3, -0.25) is 9.59 Å². The molecule has 216 valence electrons. The van der Waals surface area contributed by atoms with Gasteiger partial charge < -0.3 is 0 Å². The molecule has 0 heterocycles. The molecular formula is C33H66N2O2+4. The van der Waals surface area contributed by atoms with Crippen LogP contribution in [0.25, 0.3) is 0 Å². The zero-order valence-corrected chi connectivity index (χ0v) is 26.2. The average Bonchev–Trinajstić information content (AvgIpc) is 2.75. The zero-order valence-electron chi connectivity index (χ0n) is 26.2. The van der Waals surface area contributed by atoms with Gasteiger partial charge in [-0.25, -0.2) is 9.98 Å². The van der Waals surface area contributed by atoms with Crippen molar-refractivity contribution in [2.24, 2.45) is 11.8 Å². The van der Waals surface area contributed by atoms with E-state index in [4.69, 9.17) is 0 Å². The molecular weight excluding hydrogens is 456 g/mol. The number of carbonyl (C=O) groups excluding carboxylic acids is 2. The Morgan fingerprint density at radius 1 is 0.568 bits per heavy atom. The third kappa shape index (κ3) is 24.5. The van der Waals surface area contributed by atoms with E-state index >= 15 is 0 Å². The van der Waals surface area contributed by atoms with Crippen molar-refractivity contribution < 1.29 is 19.6 Å². The molecule has 2 atom stereocenters. The summed E-state index contributed by atoms with van der Waals surface area (Å²) in [6, 6.07) is 0.0309. The lowest BCUT2D eigenvalue weighted by atomic mass is 9.96. The zero-order chi connectivity index (χ0) is 28.3. The monoisotopic (exact) mass is 523 g/mol. The molecule has 0 amide bonds. The second-order valence-electron chi connectivity index (χ2n) is 12.1. The van der Waals surface area contributed by atoms with Crippen LogP contribution < -0.4 is 9.98 Å². The van der Waals surface area contributed by atoms with Gasteiger partial charge in [0.25, 0.3) is 0 Å². The Morgan fingerprint density at radius 2 is 0.865 bits per heavy atom. The van der Waals surface area contributed by atoms with Gasteiger partial charge in [-0.05, 0) is 38.5 Å². The maximum Gasteiger partial charge on any atom is 0.208 e. The lowest BCUT2D eigenvalue weighted by Crippen LogP contribution is -2.81. The topological polar surface area (TPSA) is 62.1 Å². The molecule has 0 fully saturated rings. The highest BCUT2D eigenvalue weighted by Crippen LogP contribution is 2.13. The second kappa shape index (κ2) is 23.5. The summed E-state index contributed by atoms with van der Waals surface area (Å²) in [5.74, 6) is 3.92. The number of rotatable bonds is 18. The van der Waals surface area contributed by atoms with Gasteiger partial charge in [-0.1, -0.05) is 35.1 Å². The smallest absolute Gasteiger partial charge is 0.208 e. The first kappa shape index (κ1) is 39.9. The van der Waals surface area contributed by atoms with Crippen LogP contribution in [-0.2, 0) is 9.59 Å². The molecule has 0 saturated heterocycles. The van der Waals surface area contributed by atoms with Gasteiger partial charge in [0.05, 0.1) is 52.4 Å². The predicted molar refractivity (Wildman–Crippen MR) is 164 cm³/mol. The van der Waals surface area contributed by atoms with Crippen molar-refractivity contribution in [1.29, 1.82) is 0 Å². The Morgan fingerprint density at radius 3 is 1.08 bits per heavy atom. The molecule has 0 spiro atoms. The van der Waals surface area contributed by atoms with Crippen LogP contribution in [0.1, 0.15) is 155 Å². The average molecular weight is 523 g/mol. The van der Waals surface area contributed by atoms with E-state index in [0.29, 0.717) is 11.6 Å². The van der Waals surface area contributed by atoms with Crippen LogP contribution in [0, 0.1) is 23.7 Å². The summed E-state index contributed by atoms with van der Waals surface area (Å²) in [5.41, 5.74) is 2.26. The molecule has 0 bridgehead atoms. The fraction of sp³-hybridized carbons (Fsp3) is 0.818. The summed E-state index contributed by atoms with van der Waals surface area (Å²) in [6.07, 6.45) is 11.6. The maximum absolute atomic E-state index is 12.1. The predicted octanol–water partition coefficient (Wildman–Crippen LogP) is 6.05. The third-order valence-corrected chi connectivity index (χ3v) is 6.09. The van der Waals surface area contributed by atoms with Crippen LogP contribution in [0.2, 0.25) is 0 Å². The van der Waals surface area contributed by atoms with Crippen LogP contribution in [-0.4, -0.2) is 35.1 Å². The molecule has 0 aliphatic carbocycles. The van der Waals surface area contributed by atoms with Gasteiger partial charge >= 0.3 is 0 Å². The van der Waals surface area contributed by atoms with Gasteiger partial charge in [0.1, 0.15) is 11.4 Å². The molecule has 0 radical (unpaired) electrons. The van der Waals surface area contributed by atoms with Crippen LogP contribution in [0.5, 0.6) is 0 Å². The highest BCUT2D eigenvalue weighted by Gasteiger charge is 2.25. The number of Topliss-reactive ketones (excluding diaryl/α,β-unsaturated/α-hetero) is 2. The SMILES string of the molecule is C.CC(C)=[NH+]C(CCCCC[C+](C)C)C(=O)C(C)C.CC(C)=[NH+][C@@H](CCCCC[C+](C)C)C(=O)C(C)C. The molecule has 0 aromatic carbocycles. The standard InChI is InChI=1S/2C16H30NO.CH4/c2*1-12(2)10-8-7-9-11-15(17-14(5)6)16(18)13(3)4;/h2*13,15H,7-11H2,1-6H3;1H4/q2*+1;/p+2/t15-;;/m0../s1. The van der Waals surface area contributed by atoms with Gasteiger partial charge in [0, 0.05) is 52.4 Å². The normalized spacial score (nSPS) is 12.1. The fourth-order valence-electron chi connectivity index (χ4n) is 4.08. The Balaban J connectivity index is -0.000000608. The lowest BCUT2D eigenvalue weighted by Gasteiger charge is -2.10. The quantitative estimate of drug-likeness (QED) is 0.131. The van der Waals surface area contributed by atoms with E-state index < -0.39 is 0 Å². The van der Waals surface area contributed by atoms with E-state index in [-0.39, 0.29) is 31.3 Å². The number of ketones is 2. The second-order valence-corrected chi connectivity index (χ2v) is 12.1. The molecule has 0 rings (SSSR count). The highest BCUT2D eigenvalue weighted by atomic mass is 16.1. The van der Waals surface area contributed by atoms with Crippen molar-refractivity contribution in [2.45, 2.75) is 167 Å². The fourth-order valence-corrected chi connectivity index (χ4v) is 4.08. The minimum Gasteiger partial charge on any atom is -0.292 e. The Labute approximate surface area is 233 Å². The minimum atomic E-state index is 0. The summed E-state index contributed by atoms with van der Waals surface area (Å²) in [7, 11) is 0. The largest absolute Gasteiger partial charge is 0.292 e. The first-order valence-electron chi connectivity index (χ1n) is 14.5. The van der Waals surface area contributed by atoms with E-state index in [2.05, 4.69) is 37.7 Å². The van der Waals surface area contributed by atoms with Crippen LogP contribution in [0.4, 0.5) is 0 Å². The molecule has 4 nitrogen and oxygen atoms in total. The van der Waals surface area contributed by atoms with Gasteiger partial charge in [-0.2, -0.15) is 0 Å². The summed E-state index contributed by atoms with van der Waals surface area (Å²) < 4.78 is 0. The maximum atomic E-state index is 12.1. The van der Waals surface area contributed by atoms with Gasteiger partial charge in [0.2, 0.25) is 23.7 Å². The molecule has 2 N–H and O–H groups in total. The molecule has 0 aliphatic heterocycles. The minimum absolute atomic E-state index is 0. The van der Waals surface area contributed by atoms with Crippen molar-refractivity contribution in [3.05, 3.63) is 11.8 Å². The van der Waals surface area contributed by atoms with Gasteiger partial charge in [0.15, 0.2) is 0 Å². The summed E-state index contributed by atoms with van der Waals surface area (Å²) in [6.45, 7) is 24.8. The summed E-state index contributed by atoms with van der Waals surface area (Å²) in [5, 5.41) is 0. The summed E-state index contributed by atoms with van der Waals surface area (Å²) in [4.78, 5) is 30.8. The highest BCUT2D eigenvalue weighted by molar-refractivity contribution is 5.85. The van der Waals surface area contributed by atoms with Crippen molar-refractivity contribution in [1.82, 2.24) is 0 Å². The number of nitrogens with one attached hydrogen (secondary N) is 2. The van der Waals surface area contributed by atoms with Crippen molar-refractivity contribution in [2.75, 3.05) is 0 Å². The number of carbonyl (C=O) groups is 2. The van der Waals surface area contributed by atoms with Crippen molar-refractivity contribution in [3.63, 3.8) is 0 Å². The van der Waals surface area contributed by atoms with Crippen LogP contribution >= 0.6 is 0 Å². The van der Waals surface area contributed by atoms with E-state index in [1.54, 1.807) is 0 Å². The lowest BCUT2D eigenvalue weighted by molar-refractivity contribution is -0.490. The van der Waals surface area contributed by atoms with E-state index in [1.165, 1.54) is 50.4 Å². The van der Waals surface area contributed by atoms with E-state index in [0.717, 1.165) is 37.1 Å². The Kier molecular flexibility index (Phi) is 25.4. The number of unbranched alkanes of at least 4 members (excludes halogenated alkanes) is 4. The molecule has 0 aliphatic rings. The van der Waals surface area contributed by atoms with Crippen molar-refractivity contribution in [3.8, 4) is 0 Å². The first-order chi connectivity index (χ1) is 16.7. The molecule has 0 aromatic heterocycles. The third-order valence-electron chi connectivity index (χ3n) is 6.09. The molecule has 4 heteroatoms.